The molecule has 0 saturated carbocycles. The summed E-state index contributed by atoms with van der Waals surface area (Å²) in [6.07, 6.45) is 6.94. The molecule has 2 heteroatoms. The van der Waals surface area contributed by atoms with Crippen LogP contribution in [-0.4, -0.2) is 36.6 Å². The average molecular weight is 238 g/mol. The maximum absolute atomic E-state index is 3.68. The Hall–Kier alpha value is -0.0800. The van der Waals surface area contributed by atoms with Crippen molar-refractivity contribution >= 4 is 0 Å². The fraction of sp³-hybridized carbons (Fsp3) is 1.00. The summed E-state index contributed by atoms with van der Waals surface area (Å²) in [6.45, 7) is 11.1. The van der Waals surface area contributed by atoms with Crippen molar-refractivity contribution in [3.63, 3.8) is 0 Å². The molecule has 2 fully saturated rings. The van der Waals surface area contributed by atoms with Crippen molar-refractivity contribution in [2.24, 2.45) is 11.8 Å². The molecule has 0 aromatic heterocycles. The summed E-state index contributed by atoms with van der Waals surface area (Å²) >= 11 is 0. The first-order chi connectivity index (χ1) is 8.16. The average Bonchev–Trinajstić information content (AvgIpc) is 2.34. The summed E-state index contributed by atoms with van der Waals surface area (Å²) in [6, 6.07) is 1.55. The molecular weight excluding hydrogens is 208 g/mol. The van der Waals surface area contributed by atoms with Gasteiger partial charge in [0.25, 0.3) is 0 Å². The zero-order valence-electron chi connectivity index (χ0n) is 11.9. The molecule has 0 bridgehead atoms. The monoisotopic (exact) mass is 238 g/mol. The predicted molar refractivity (Wildman–Crippen MR) is 74.2 cm³/mol. The second-order valence-corrected chi connectivity index (χ2v) is 6.47. The van der Waals surface area contributed by atoms with Crippen LogP contribution in [0, 0.1) is 11.8 Å². The standard InChI is InChI=1S/C15H30N2/c1-12-7-9-17(11-13(12)2)14(3)10-15-6-4-5-8-16-15/h12-16H,4-11H2,1-3H3. The van der Waals surface area contributed by atoms with Crippen molar-refractivity contribution in [3.8, 4) is 0 Å². The lowest BCUT2D eigenvalue weighted by Crippen LogP contribution is -2.46. The van der Waals surface area contributed by atoms with Crippen LogP contribution < -0.4 is 5.32 Å². The summed E-state index contributed by atoms with van der Waals surface area (Å²) < 4.78 is 0. The van der Waals surface area contributed by atoms with E-state index in [9.17, 15) is 0 Å². The fourth-order valence-electron chi connectivity index (χ4n) is 3.38. The molecule has 4 unspecified atom stereocenters. The topological polar surface area (TPSA) is 15.3 Å². The summed E-state index contributed by atoms with van der Waals surface area (Å²) in [5.41, 5.74) is 0. The first kappa shape index (κ1) is 13.4. The van der Waals surface area contributed by atoms with Crippen LogP contribution in [0.2, 0.25) is 0 Å². The van der Waals surface area contributed by atoms with Gasteiger partial charge in [-0.25, -0.2) is 0 Å². The fourth-order valence-corrected chi connectivity index (χ4v) is 3.38. The van der Waals surface area contributed by atoms with Crippen LogP contribution in [0.25, 0.3) is 0 Å². The van der Waals surface area contributed by atoms with Crippen molar-refractivity contribution in [2.45, 2.75) is 65.0 Å². The highest BCUT2D eigenvalue weighted by atomic mass is 15.2. The summed E-state index contributed by atoms with van der Waals surface area (Å²) in [5.74, 6) is 1.80. The van der Waals surface area contributed by atoms with Gasteiger partial charge in [0.1, 0.15) is 0 Å². The van der Waals surface area contributed by atoms with Gasteiger partial charge in [-0.1, -0.05) is 20.3 Å². The van der Waals surface area contributed by atoms with E-state index in [0.717, 1.165) is 23.9 Å². The molecule has 2 aliphatic rings. The maximum atomic E-state index is 3.68. The third kappa shape index (κ3) is 3.69. The highest BCUT2D eigenvalue weighted by molar-refractivity contribution is 4.83. The largest absolute Gasteiger partial charge is 0.314 e. The molecule has 17 heavy (non-hydrogen) atoms. The van der Waals surface area contributed by atoms with Crippen molar-refractivity contribution < 1.29 is 0 Å². The molecule has 0 radical (unpaired) electrons. The van der Waals surface area contributed by atoms with Crippen LogP contribution in [-0.2, 0) is 0 Å². The molecule has 4 atom stereocenters. The van der Waals surface area contributed by atoms with Gasteiger partial charge in [0.2, 0.25) is 0 Å². The third-order valence-corrected chi connectivity index (χ3v) is 5.03. The second-order valence-electron chi connectivity index (χ2n) is 6.47. The first-order valence-electron chi connectivity index (χ1n) is 7.64. The van der Waals surface area contributed by atoms with Crippen molar-refractivity contribution in [3.05, 3.63) is 0 Å². The van der Waals surface area contributed by atoms with Crippen LogP contribution in [0.3, 0.4) is 0 Å². The lowest BCUT2D eigenvalue weighted by atomic mass is 9.87. The van der Waals surface area contributed by atoms with E-state index in [-0.39, 0.29) is 0 Å². The van der Waals surface area contributed by atoms with Crippen LogP contribution in [0.1, 0.15) is 52.9 Å². The van der Waals surface area contributed by atoms with E-state index >= 15 is 0 Å². The number of hydrogen-bond donors (Lipinski definition) is 1. The lowest BCUT2D eigenvalue weighted by molar-refractivity contribution is 0.0915. The Morgan fingerprint density at radius 3 is 2.65 bits per heavy atom. The van der Waals surface area contributed by atoms with Gasteiger partial charge >= 0.3 is 0 Å². The molecule has 0 aromatic carbocycles. The van der Waals surface area contributed by atoms with E-state index in [1.165, 1.54) is 51.7 Å². The van der Waals surface area contributed by atoms with Gasteiger partial charge in [-0.15, -0.1) is 0 Å². The molecule has 0 aliphatic carbocycles. The number of nitrogens with zero attached hydrogens (tertiary/aromatic N) is 1. The van der Waals surface area contributed by atoms with Crippen LogP contribution in [0.15, 0.2) is 0 Å². The van der Waals surface area contributed by atoms with Gasteiger partial charge in [0.05, 0.1) is 0 Å². The van der Waals surface area contributed by atoms with E-state index in [1.54, 1.807) is 0 Å². The molecule has 2 nitrogen and oxygen atoms in total. The van der Waals surface area contributed by atoms with Crippen LogP contribution in [0.4, 0.5) is 0 Å². The number of hydrogen-bond acceptors (Lipinski definition) is 2. The Balaban J connectivity index is 1.77. The van der Waals surface area contributed by atoms with E-state index < -0.39 is 0 Å². The maximum Gasteiger partial charge on any atom is 0.00818 e. The Morgan fingerprint density at radius 2 is 2.00 bits per heavy atom. The van der Waals surface area contributed by atoms with E-state index in [4.69, 9.17) is 0 Å². The molecule has 2 aliphatic heterocycles. The van der Waals surface area contributed by atoms with Gasteiger partial charge in [0, 0.05) is 18.6 Å². The summed E-state index contributed by atoms with van der Waals surface area (Å²) in [4.78, 5) is 2.72. The molecule has 1 N–H and O–H groups in total. The SMILES string of the molecule is CC1CCN(C(C)CC2CCCCN2)CC1C. The lowest BCUT2D eigenvalue weighted by Gasteiger charge is -2.40. The van der Waals surface area contributed by atoms with Crippen LogP contribution in [0.5, 0.6) is 0 Å². The number of nitrogens with one attached hydrogen (secondary N) is 1. The zero-order chi connectivity index (χ0) is 12.3. The van der Waals surface area contributed by atoms with Gasteiger partial charge in [-0.05, 0) is 57.5 Å². The number of piperidine rings is 2. The van der Waals surface area contributed by atoms with E-state index in [1.807, 2.05) is 0 Å². The molecule has 2 rings (SSSR count). The predicted octanol–water partition coefficient (Wildman–Crippen LogP) is 2.89. The minimum atomic E-state index is 0.764. The summed E-state index contributed by atoms with van der Waals surface area (Å²) in [5, 5.41) is 3.68. The smallest absolute Gasteiger partial charge is 0.00818 e. The Bertz CT molecular complexity index is 223. The highest BCUT2D eigenvalue weighted by Gasteiger charge is 2.27. The molecule has 0 amide bonds. The minimum absolute atomic E-state index is 0.764. The number of likely N-dealkylation sites (tertiary alicyclic amines) is 1. The summed E-state index contributed by atoms with van der Waals surface area (Å²) in [7, 11) is 0. The molecule has 2 heterocycles. The first-order valence-corrected chi connectivity index (χ1v) is 7.64. The van der Waals surface area contributed by atoms with E-state index in [2.05, 4.69) is 31.0 Å². The Labute approximate surface area is 107 Å². The third-order valence-electron chi connectivity index (χ3n) is 5.03. The molecule has 2 saturated heterocycles. The van der Waals surface area contributed by atoms with Crippen LogP contribution >= 0.6 is 0 Å². The van der Waals surface area contributed by atoms with Crippen molar-refractivity contribution in [2.75, 3.05) is 19.6 Å². The van der Waals surface area contributed by atoms with Crippen molar-refractivity contribution in [1.82, 2.24) is 10.2 Å². The Morgan fingerprint density at radius 1 is 1.18 bits per heavy atom. The zero-order valence-corrected chi connectivity index (χ0v) is 11.9. The quantitative estimate of drug-likeness (QED) is 0.813. The van der Waals surface area contributed by atoms with Gasteiger partial charge in [0.15, 0.2) is 0 Å². The Kier molecular flexibility index (Phi) is 4.87. The molecular formula is C15H30N2. The number of rotatable bonds is 3. The van der Waals surface area contributed by atoms with Gasteiger partial charge in [-0.3, -0.25) is 0 Å². The normalized spacial score (nSPS) is 37.9. The second kappa shape index (κ2) is 6.19. The molecule has 100 valence electrons. The van der Waals surface area contributed by atoms with E-state index in [0.29, 0.717) is 0 Å². The highest BCUT2D eigenvalue weighted by Crippen LogP contribution is 2.25. The molecule has 0 aromatic rings. The van der Waals surface area contributed by atoms with Gasteiger partial charge in [-0.2, -0.15) is 0 Å². The van der Waals surface area contributed by atoms with Gasteiger partial charge < -0.3 is 10.2 Å². The minimum Gasteiger partial charge on any atom is -0.314 e. The van der Waals surface area contributed by atoms with Crippen molar-refractivity contribution in [1.29, 1.82) is 0 Å². The molecule has 0 spiro atoms.